The van der Waals surface area contributed by atoms with Gasteiger partial charge in [0.15, 0.2) is 11.5 Å². The fraction of sp³-hybridized carbons (Fsp3) is 0.391. The number of hydrogen-bond donors (Lipinski definition) is 1. The number of hydrogen-bond acceptors (Lipinski definition) is 6. The monoisotopic (exact) mass is 409 g/mol. The summed E-state index contributed by atoms with van der Waals surface area (Å²) in [7, 11) is 1.53. The first-order valence-corrected chi connectivity index (χ1v) is 10.1. The third-order valence-corrected chi connectivity index (χ3v) is 4.82. The molecule has 2 aromatic rings. The van der Waals surface area contributed by atoms with Crippen LogP contribution < -0.4 is 14.8 Å². The second-order valence-corrected chi connectivity index (χ2v) is 7.07. The number of nitrogens with zero attached hydrogens (tertiary/aromatic N) is 2. The van der Waals surface area contributed by atoms with E-state index in [0.29, 0.717) is 36.5 Å². The molecule has 0 aliphatic carbocycles. The summed E-state index contributed by atoms with van der Waals surface area (Å²) in [6, 6.07) is 15.0. The van der Waals surface area contributed by atoms with Gasteiger partial charge in [0.05, 0.1) is 38.6 Å². The Bertz CT molecular complexity index is 888. The van der Waals surface area contributed by atoms with Crippen LogP contribution in [0.15, 0.2) is 42.5 Å². The number of amides is 1. The van der Waals surface area contributed by atoms with Gasteiger partial charge in [-0.1, -0.05) is 12.1 Å². The Balaban J connectivity index is 1.43. The van der Waals surface area contributed by atoms with E-state index >= 15 is 0 Å². The lowest BCUT2D eigenvalue weighted by Gasteiger charge is -2.26. The average Bonchev–Trinajstić information content (AvgIpc) is 2.77. The molecule has 1 N–H and O–H groups in total. The van der Waals surface area contributed by atoms with Crippen LogP contribution in [-0.2, 0) is 16.1 Å². The predicted octanol–water partition coefficient (Wildman–Crippen LogP) is 3.20. The molecule has 1 fully saturated rings. The van der Waals surface area contributed by atoms with E-state index in [1.165, 1.54) is 12.7 Å². The fourth-order valence-electron chi connectivity index (χ4n) is 3.26. The fourth-order valence-corrected chi connectivity index (χ4v) is 3.26. The highest BCUT2D eigenvalue weighted by atomic mass is 16.5. The number of carbonyl (C=O) groups excluding carboxylic acids is 1. The number of carbonyl (C=O) groups is 1. The van der Waals surface area contributed by atoms with E-state index in [9.17, 15) is 4.79 Å². The molecule has 2 aromatic carbocycles. The number of methoxy groups -OCH3 is 1. The predicted molar refractivity (Wildman–Crippen MR) is 114 cm³/mol. The molecule has 7 heteroatoms. The van der Waals surface area contributed by atoms with Crippen molar-refractivity contribution in [2.75, 3.05) is 45.3 Å². The van der Waals surface area contributed by atoms with E-state index in [0.717, 1.165) is 38.5 Å². The van der Waals surface area contributed by atoms with Crippen molar-refractivity contribution in [2.24, 2.45) is 0 Å². The van der Waals surface area contributed by atoms with Gasteiger partial charge in [0.1, 0.15) is 0 Å². The molecule has 30 heavy (non-hydrogen) atoms. The van der Waals surface area contributed by atoms with Gasteiger partial charge >= 0.3 is 0 Å². The highest BCUT2D eigenvalue weighted by Gasteiger charge is 2.11. The second kappa shape index (κ2) is 11.2. The summed E-state index contributed by atoms with van der Waals surface area (Å²) < 4.78 is 16.3. The Labute approximate surface area is 177 Å². The third kappa shape index (κ3) is 6.48. The quantitative estimate of drug-likeness (QED) is 0.641. The Kier molecular flexibility index (Phi) is 8.07. The molecule has 0 radical (unpaired) electrons. The molecule has 3 rings (SSSR count). The largest absolute Gasteiger partial charge is 0.493 e. The number of nitrogens with one attached hydrogen (secondary N) is 1. The topological polar surface area (TPSA) is 83.8 Å². The lowest BCUT2D eigenvalue weighted by molar-refractivity contribution is -0.116. The maximum absolute atomic E-state index is 12.3. The van der Waals surface area contributed by atoms with Gasteiger partial charge in [-0.2, -0.15) is 5.26 Å². The highest BCUT2D eigenvalue weighted by Crippen LogP contribution is 2.28. The van der Waals surface area contributed by atoms with Crippen molar-refractivity contribution in [1.29, 1.82) is 5.26 Å². The number of rotatable bonds is 9. The minimum Gasteiger partial charge on any atom is -0.493 e. The molecule has 1 aliphatic rings. The average molecular weight is 409 g/mol. The first-order valence-electron chi connectivity index (χ1n) is 10.1. The Morgan fingerprint density at radius 2 is 2.03 bits per heavy atom. The molecule has 0 spiro atoms. The molecular weight excluding hydrogens is 382 g/mol. The summed E-state index contributed by atoms with van der Waals surface area (Å²) in [4.78, 5) is 14.6. The van der Waals surface area contributed by atoms with Gasteiger partial charge < -0.3 is 19.5 Å². The van der Waals surface area contributed by atoms with Gasteiger partial charge in [-0.05, 0) is 36.2 Å². The zero-order valence-electron chi connectivity index (χ0n) is 17.2. The minimum atomic E-state index is -0.0473. The number of ether oxygens (including phenoxy) is 3. The Morgan fingerprint density at radius 1 is 1.20 bits per heavy atom. The summed E-state index contributed by atoms with van der Waals surface area (Å²) >= 11 is 0. The van der Waals surface area contributed by atoms with Crippen LogP contribution in [-0.4, -0.2) is 50.8 Å². The summed E-state index contributed by atoms with van der Waals surface area (Å²) in [6.45, 7) is 4.64. The molecule has 158 valence electrons. The van der Waals surface area contributed by atoms with Crippen LogP contribution in [0.5, 0.6) is 11.5 Å². The van der Waals surface area contributed by atoms with E-state index in [1.807, 2.05) is 18.2 Å². The van der Waals surface area contributed by atoms with Crippen molar-refractivity contribution in [2.45, 2.75) is 19.4 Å². The minimum absolute atomic E-state index is 0.0473. The van der Waals surface area contributed by atoms with Crippen LogP contribution in [0.3, 0.4) is 0 Å². The van der Waals surface area contributed by atoms with E-state index in [2.05, 4.69) is 22.4 Å². The van der Waals surface area contributed by atoms with Gasteiger partial charge in [-0.15, -0.1) is 0 Å². The number of nitriles is 1. The van der Waals surface area contributed by atoms with Crippen LogP contribution in [0, 0.1) is 11.3 Å². The van der Waals surface area contributed by atoms with Crippen molar-refractivity contribution in [3.05, 3.63) is 53.6 Å². The van der Waals surface area contributed by atoms with Gasteiger partial charge in [0, 0.05) is 37.8 Å². The van der Waals surface area contributed by atoms with Crippen molar-refractivity contribution >= 4 is 11.6 Å². The lowest BCUT2D eigenvalue weighted by atomic mass is 10.1. The first-order chi connectivity index (χ1) is 14.7. The number of morpholine rings is 1. The van der Waals surface area contributed by atoms with E-state index in [-0.39, 0.29) is 5.91 Å². The smallest absolute Gasteiger partial charge is 0.224 e. The normalized spacial score (nSPS) is 14.0. The summed E-state index contributed by atoms with van der Waals surface area (Å²) in [5, 5.41) is 11.9. The first kappa shape index (κ1) is 21.6. The molecule has 0 unspecified atom stereocenters. The second-order valence-electron chi connectivity index (χ2n) is 7.07. The number of anilines is 1. The highest BCUT2D eigenvalue weighted by molar-refractivity contribution is 5.90. The van der Waals surface area contributed by atoms with Crippen LogP contribution in [0.25, 0.3) is 0 Å². The molecule has 1 heterocycles. The molecule has 1 amide bonds. The van der Waals surface area contributed by atoms with Gasteiger partial charge in [-0.3, -0.25) is 9.69 Å². The molecule has 0 aromatic heterocycles. The van der Waals surface area contributed by atoms with Gasteiger partial charge in [-0.25, -0.2) is 0 Å². The molecule has 0 atom stereocenters. The van der Waals surface area contributed by atoms with Crippen molar-refractivity contribution in [3.8, 4) is 17.6 Å². The Hall–Kier alpha value is -3.08. The molecule has 1 aliphatic heterocycles. The van der Waals surface area contributed by atoms with E-state index in [4.69, 9.17) is 19.5 Å². The van der Waals surface area contributed by atoms with Crippen molar-refractivity contribution in [1.82, 2.24) is 4.90 Å². The third-order valence-electron chi connectivity index (χ3n) is 4.82. The summed E-state index contributed by atoms with van der Waals surface area (Å²) in [5.41, 5.74) is 2.49. The Morgan fingerprint density at radius 3 is 2.80 bits per heavy atom. The van der Waals surface area contributed by atoms with Gasteiger partial charge in [0.25, 0.3) is 0 Å². The van der Waals surface area contributed by atoms with Crippen LogP contribution in [0.2, 0.25) is 0 Å². The number of benzene rings is 2. The van der Waals surface area contributed by atoms with E-state index < -0.39 is 0 Å². The standard InChI is InChI=1S/C23H27N3O4/c1-28-22-15-18(16-24)7-8-21(22)30-11-3-6-23(27)25-20-5-2-4-19(14-20)17-26-9-12-29-13-10-26/h2,4-5,7-8,14-15H,3,6,9-13,17H2,1H3,(H,25,27). The SMILES string of the molecule is COc1cc(C#N)ccc1OCCCC(=O)Nc1cccc(CN2CCOCC2)c1. The van der Waals surface area contributed by atoms with Crippen molar-refractivity contribution in [3.63, 3.8) is 0 Å². The zero-order valence-corrected chi connectivity index (χ0v) is 17.2. The maximum Gasteiger partial charge on any atom is 0.224 e. The molecular formula is C23H27N3O4. The lowest BCUT2D eigenvalue weighted by Crippen LogP contribution is -2.35. The maximum atomic E-state index is 12.3. The van der Waals surface area contributed by atoms with Crippen LogP contribution in [0.1, 0.15) is 24.0 Å². The molecule has 0 bridgehead atoms. The summed E-state index contributed by atoms with van der Waals surface area (Å²) in [5.74, 6) is 1.03. The molecule has 7 nitrogen and oxygen atoms in total. The van der Waals surface area contributed by atoms with Crippen LogP contribution in [0.4, 0.5) is 5.69 Å². The zero-order chi connectivity index (χ0) is 21.2. The van der Waals surface area contributed by atoms with Crippen LogP contribution >= 0.6 is 0 Å². The summed E-state index contributed by atoms with van der Waals surface area (Å²) in [6.07, 6.45) is 0.925. The molecule has 0 saturated carbocycles. The van der Waals surface area contributed by atoms with Crippen molar-refractivity contribution < 1.29 is 19.0 Å². The van der Waals surface area contributed by atoms with Gasteiger partial charge in [0.2, 0.25) is 5.91 Å². The van der Waals surface area contributed by atoms with E-state index in [1.54, 1.807) is 18.2 Å². The molecule has 1 saturated heterocycles.